The van der Waals surface area contributed by atoms with Gasteiger partial charge in [-0.3, -0.25) is 4.99 Å². The molecule has 0 unspecified atom stereocenters. The van der Waals surface area contributed by atoms with E-state index < -0.39 is 0 Å². The third-order valence-corrected chi connectivity index (χ3v) is 3.83. The molecular formula is C20H22N4O. The quantitative estimate of drug-likeness (QED) is 0.536. The number of nitrogens with one attached hydrogen (secondary N) is 2. The predicted octanol–water partition coefficient (Wildman–Crippen LogP) is 3.25. The van der Waals surface area contributed by atoms with Crippen molar-refractivity contribution in [2.24, 2.45) is 4.99 Å². The van der Waals surface area contributed by atoms with Crippen LogP contribution in [0.2, 0.25) is 0 Å². The van der Waals surface area contributed by atoms with Crippen molar-refractivity contribution in [3.05, 3.63) is 78.0 Å². The first-order valence-corrected chi connectivity index (χ1v) is 8.34. The second kappa shape index (κ2) is 8.68. The van der Waals surface area contributed by atoms with Crippen LogP contribution in [-0.2, 0) is 13.0 Å². The smallest absolute Gasteiger partial charge is 0.191 e. The Morgan fingerprint density at radius 3 is 2.44 bits per heavy atom. The Hall–Kier alpha value is -3.08. The number of hydrogen-bond donors (Lipinski definition) is 2. The Balaban J connectivity index is 1.47. The topological polar surface area (TPSA) is 62.5 Å². The van der Waals surface area contributed by atoms with Crippen molar-refractivity contribution in [1.82, 2.24) is 15.8 Å². The third kappa shape index (κ3) is 4.94. The lowest BCUT2D eigenvalue weighted by molar-refractivity contribution is 0.422. The van der Waals surface area contributed by atoms with Gasteiger partial charge in [0.25, 0.3) is 0 Å². The second-order valence-corrected chi connectivity index (χ2v) is 5.64. The standard InChI is InChI=1S/C20H22N4O/c1-21-20(22-13-12-16-8-4-2-5-9-16)23-15-18-14-19(25-24-18)17-10-6-3-7-11-17/h2-11,14H,12-13,15H2,1H3,(H2,21,22,23). The molecule has 128 valence electrons. The van der Waals surface area contributed by atoms with E-state index in [0.717, 1.165) is 35.9 Å². The molecule has 2 N–H and O–H groups in total. The van der Waals surface area contributed by atoms with Crippen LogP contribution in [-0.4, -0.2) is 24.7 Å². The van der Waals surface area contributed by atoms with Gasteiger partial charge in [-0.15, -0.1) is 0 Å². The average Bonchev–Trinajstić information content (AvgIpc) is 3.15. The SMILES string of the molecule is CN=C(NCCc1ccccc1)NCc1cc(-c2ccccc2)on1. The van der Waals surface area contributed by atoms with Crippen LogP contribution in [0.4, 0.5) is 0 Å². The van der Waals surface area contributed by atoms with Crippen LogP contribution in [0, 0.1) is 0 Å². The third-order valence-electron chi connectivity index (χ3n) is 3.83. The van der Waals surface area contributed by atoms with Crippen LogP contribution in [0.1, 0.15) is 11.3 Å². The summed E-state index contributed by atoms with van der Waals surface area (Å²) in [4.78, 5) is 4.24. The van der Waals surface area contributed by atoms with E-state index in [1.54, 1.807) is 7.05 Å². The number of rotatable bonds is 6. The zero-order valence-corrected chi connectivity index (χ0v) is 14.3. The maximum Gasteiger partial charge on any atom is 0.191 e. The molecule has 0 saturated carbocycles. The summed E-state index contributed by atoms with van der Waals surface area (Å²) in [5.74, 6) is 1.52. The molecule has 3 aromatic rings. The molecule has 0 fully saturated rings. The predicted molar refractivity (Wildman–Crippen MR) is 100 cm³/mol. The summed E-state index contributed by atoms with van der Waals surface area (Å²) in [6.07, 6.45) is 0.948. The molecule has 0 aliphatic heterocycles. The molecule has 0 radical (unpaired) electrons. The number of nitrogens with zero attached hydrogens (tertiary/aromatic N) is 2. The normalized spacial score (nSPS) is 11.3. The van der Waals surface area contributed by atoms with E-state index in [1.807, 2.05) is 42.5 Å². The molecule has 0 amide bonds. The maximum absolute atomic E-state index is 5.41. The summed E-state index contributed by atoms with van der Waals surface area (Å²) in [7, 11) is 1.76. The van der Waals surface area contributed by atoms with Crippen molar-refractivity contribution >= 4 is 5.96 Å². The molecule has 1 heterocycles. The summed E-state index contributed by atoms with van der Waals surface area (Å²) in [6, 6.07) is 22.3. The lowest BCUT2D eigenvalue weighted by Gasteiger charge is -2.10. The van der Waals surface area contributed by atoms with Crippen molar-refractivity contribution in [3.8, 4) is 11.3 Å². The minimum absolute atomic E-state index is 0.557. The number of aromatic nitrogens is 1. The summed E-state index contributed by atoms with van der Waals surface area (Å²) >= 11 is 0. The van der Waals surface area contributed by atoms with Crippen LogP contribution in [0.5, 0.6) is 0 Å². The Bertz CT molecular complexity index is 797. The fourth-order valence-corrected chi connectivity index (χ4v) is 2.50. The molecule has 0 saturated heterocycles. The highest BCUT2D eigenvalue weighted by atomic mass is 16.5. The maximum atomic E-state index is 5.41. The van der Waals surface area contributed by atoms with E-state index >= 15 is 0 Å². The van der Waals surface area contributed by atoms with E-state index in [0.29, 0.717) is 6.54 Å². The van der Waals surface area contributed by atoms with Crippen LogP contribution in [0.3, 0.4) is 0 Å². The largest absolute Gasteiger partial charge is 0.356 e. The molecule has 5 nitrogen and oxygen atoms in total. The summed E-state index contributed by atoms with van der Waals surface area (Å²) in [6.45, 7) is 1.37. The zero-order valence-electron chi connectivity index (χ0n) is 14.3. The van der Waals surface area contributed by atoms with Gasteiger partial charge in [0.1, 0.15) is 5.69 Å². The minimum Gasteiger partial charge on any atom is -0.356 e. The molecule has 0 bridgehead atoms. The van der Waals surface area contributed by atoms with Gasteiger partial charge in [-0.25, -0.2) is 0 Å². The van der Waals surface area contributed by atoms with Gasteiger partial charge in [-0.1, -0.05) is 65.8 Å². The first-order valence-electron chi connectivity index (χ1n) is 8.34. The first kappa shape index (κ1) is 16.8. The summed E-state index contributed by atoms with van der Waals surface area (Å²) in [5.41, 5.74) is 3.16. The first-order chi connectivity index (χ1) is 12.3. The molecule has 5 heteroatoms. The van der Waals surface area contributed by atoms with Crippen molar-refractivity contribution in [2.75, 3.05) is 13.6 Å². The molecule has 2 aromatic carbocycles. The lowest BCUT2D eigenvalue weighted by Crippen LogP contribution is -2.37. The van der Waals surface area contributed by atoms with Crippen molar-refractivity contribution in [2.45, 2.75) is 13.0 Å². The molecule has 0 aliphatic carbocycles. The van der Waals surface area contributed by atoms with Crippen molar-refractivity contribution in [3.63, 3.8) is 0 Å². The average molecular weight is 334 g/mol. The Kier molecular flexibility index (Phi) is 5.82. The van der Waals surface area contributed by atoms with Gasteiger partial charge in [0.2, 0.25) is 0 Å². The van der Waals surface area contributed by atoms with Gasteiger partial charge in [0, 0.05) is 25.2 Å². The van der Waals surface area contributed by atoms with E-state index in [4.69, 9.17) is 4.52 Å². The van der Waals surface area contributed by atoms with Crippen molar-refractivity contribution < 1.29 is 4.52 Å². The molecule has 0 spiro atoms. The molecule has 0 atom stereocenters. The van der Waals surface area contributed by atoms with E-state index in [1.165, 1.54) is 5.56 Å². The molecule has 3 rings (SSSR count). The molecule has 25 heavy (non-hydrogen) atoms. The highest BCUT2D eigenvalue weighted by molar-refractivity contribution is 5.79. The van der Waals surface area contributed by atoms with Gasteiger partial charge in [-0.05, 0) is 12.0 Å². The zero-order chi connectivity index (χ0) is 17.3. The number of guanidine groups is 1. The lowest BCUT2D eigenvalue weighted by atomic mass is 10.1. The minimum atomic E-state index is 0.557. The van der Waals surface area contributed by atoms with Gasteiger partial charge in [0.05, 0.1) is 6.54 Å². The molecule has 1 aromatic heterocycles. The fraction of sp³-hybridized carbons (Fsp3) is 0.200. The van der Waals surface area contributed by atoms with Gasteiger partial charge in [-0.2, -0.15) is 0 Å². The Morgan fingerprint density at radius 1 is 1.00 bits per heavy atom. The van der Waals surface area contributed by atoms with Gasteiger partial charge < -0.3 is 15.2 Å². The number of aliphatic imine (C=N–C) groups is 1. The van der Waals surface area contributed by atoms with Crippen molar-refractivity contribution in [1.29, 1.82) is 0 Å². The van der Waals surface area contributed by atoms with Crippen LogP contribution >= 0.6 is 0 Å². The van der Waals surface area contributed by atoms with Crippen LogP contribution < -0.4 is 10.6 Å². The van der Waals surface area contributed by atoms with Crippen LogP contribution in [0.15, 0.2) is 76.2 Å². The molecule has 0 aliphatic rings. The highest BCUT2D eigenvalue weighted by Crippen LogP contribution is 2.19. The van der Waals surface area contributed by atoms with E-state index in [-0.39, 0.29) is 0 Å². The molecular weight excluding hydrogens is 312 g/mol. The Labute approximate surface area is 147 Å². The summed E-state index contributed by atoms with van der Waals surface area (Å²) in [5, 5.41) is 10.7. The second-order valence-electron chi connectivity index (χ2n) is 5.64. The van der Waals surface area contributed by atoms with E-state index in [2.05, 4.69) is 45.0 Å². The van der Waals surface area contributed by atoms with Gasteiger partial charge >= 0.3 is 0 Å². The highest BCUT2D eigenvalue weighted by Gasteiger charge is 2.07. The fourth-order valence-electron chi connectivity index (χ4n) is 2.50. The Morgan fingerprint density at radius 2 is 1.72 bits per heavy atom. The van der Waals surface area contributed by atoms with Crippen LogP contribution in [0.25, 0.3) is 11.3 Å². The monoisotopic (exact) mass is 334 g/mol. The van der Waals surface area contributed by atoms with E-state index in [9.17, 15) is 0 Å². The number of benzene rings is 2. The summed E-state index contributed by atoms with van der Waals surface area (Å²) < 4.78 is 5.41. The number of hydrogen-bond acceptors (Lipinski definition) is 3. The van der Waals surface area contributed by atoms with Gasteiger partial charge in [0.15, 0.2) is 11.7 Å².